The molecule has 160 valence electrons. The van der Waals surface area contributed by atoms with Gasteiger partial charge in [-0.05, 0) is 24.6 Å². The van der Waals surface area contributed by atoms with Gasteiger partial charge >= 0.3 is 6.18 Å². The molecule has 2 aromatic heterocycles. The third-order valence-corrected chi connectivity index (χ3v) is 5.14. The summed E-state index contributed by atoms with van der Waals surface area (Å²) < 4.78 is 38.1. The molecule has 2 heterocycles. The van der Waals surface area contributed by atoms with Gasteiger partial charge in [-0.1, -0.05) is 36.1 Å². The Labute approximate surface area is 179 Å². The number of halogens is 3. The summed E-state index contributed by atoms with van der Waals surface area (Å²) in [6.07, 6.45) is 0.148. The summed E-state index contributed by atoms with van der Waals surface area (Å²) in [7, 11) is 0. The Morgan fingerprint density at radius 3 is 2.52 bits per heavy atom. The summed E-state index contributed by atoms with van der Waals surface area (Å²) in [5.74, 6) is -1.29. The quantitative estimate of drug-likeness (QED) is 0.543. The minimum absolute atomic E-state index is 0.122. The molecule has 2 N–H and O–H groups in total. The molecule has 0 saturated carbocycles. The van der Waals surface area contributed by atoms with Gasteiger partial charge in [0, 0.05) is 5.56 Å². The number of aromatic nitrogens is 3. The molecule has 0 saturated heterocycles. The molecule has 0 unspecified atom stereocenters. The SMILES string of the molecule is C=CC(=O)Nc1cnc(-c2cccc([C@H](C)C(=O)Nc3ncc(C(F)(F)F)s3)c2)cn1. The van der Waals surface area contributed by atoms with Gasteiger partial charge in [-0.25, -0.2) is 9.97 Å². The average molecular weight is 447 g/mol. The highest BCUT2D eigenvalue weighted by Crippen LogP contribution is 2.35. The van der Waals surface area contributed by atoms with Gasteiger partial charge in [-0.2, -0.15) is 13.2 Å². The Hall–Kier alpha value is -3.60. The van der Waals surface area contributed by atoms with Gasteiger partial charge in [-0.3, -0.25) is 14.6 Å². The lowest BCUT2D eigenvalue weighted by molar-refractivity contribution is -0.134. The number of alkyl halides is 3. The lowest BCUT2D eigenvalue weighted by Crippen LogP contribution is -2.18. The van der Waals surface area contributed by atoms with Crippen molar-refractivity contribution in [3.05, 3.63) is 66.0 Å². The number of carbonyl (C=O) groups is 2. The van der Waals surface area contributed by atoms with Crippen molar-refractivity contribution in [2.45, 2.75) is 19.0 Å². The van der Waals surface area contributed by atoms with Crippen LogP contribution in [0.4, 0.5) is 24.1 Å². The zero-order chi connectivity index (χ0) is 22.6. The van der Waals surface area contributed by atoms with E-state index in [2.05, 4.69) is 32.2 Å². The van der Waals surface area contributed by atoms with E-state index in [1.54, 1.807) is 31.2 Å². The predicted molar refractivity (Wildman–Crippen MR) is 110 cm³/mol. The maximum Gasteiger partial charge on any atom is 0.427 e. The van der Waals surface area contributed by atoms with Crippen LogP contribution in [0.25, 0.3) is 11.3 Å². The number of hydrogen-bond acceptors (Lipinski definition) is 6. The monoisotopic (exact) mass is 447 g/mol. The molecule has 31 heavy (non-hydrogen) atoms. The summed E-state index contributed by atoms with van der Waals surface area (Å²) in [4.78, 5) is 34.9. The molecule has 0 bridgehead atoms. The summed E-state index contributed by atoms with van der Waals surface area (Å²) >= 11 is 0.365. The number of rotatable bonds is 6. The van der Waals surface area contributed by atoms with Crippen molar-refractivity contribution in [2.24, 2.45) is 0 Å². The van der Waals surface area contributed by atoms with Crippen LogP contribution in [0.3, 0.4) is 0 Å². The van der Waals surface area contributed by atoms with E-state index < -0.39 is 28.8 Å². The van der Waals surface area contributed by atoms with Crippen molar-refractivity contribution in [3.63, 3.8) is 0 Å². The molecule has 0 spiro atoms. The first-order valence-electron chi connectivity index (χ1n) is 8.87. The third-order valence-electron chi connectivity index (χ3n) is 4.18. The Kier molecular flexibility index (Phi) is 6.44. The number of anilines is 2. The number of benzene rings is 1. The zero-order valence-electron chi connectivity index (χ0n) is 16.1. The first-order valence-corrected chi connectivity index (χ1v) is 9.68. The summed E-state index contributed by atoms with van der Waals surface area (Å²) in [6, 6.07) is 6.97. The topological polar surface area (TPSA) is 96.9 Å². The van der Waals surface area contributed by atoms with Crippen LogP contribution in [0.5, 0.6) is 0 Å². The molecule has 2 amide bonds. The predicted octanol–water partition coefficient (Wildman–Crippen LogP) is 4.49. The second-order valence-corrected chi connectivity index (χ2v) is 7.37. The molecular formula is C20H16F3N5O2S. The number of nitrogens with zero attached hydrogens (tertiary/aromatic N) is 3. The molecule has 3 aromatic rings. The molecule has 0 fully saturated rings. The van der Waals surface area contributed by atoms with Crippen LogP contribution < -0.4 is 10.6 Å². The Morgan fingerprint density at radius 1 is 1.13 bits per heavy atom. The fraction of sp³-hybridized carbons (Fsp3) is 0.150. The lowest BCUT2D eigenvalue weighted by Gasteiger charge is -2.12. The molecule has 0 aliphatic carbocycles. The summed E-state index contributed by atoms with van der Waals surface area (Å²) in [5.41, 5.74) is 1.83. The average Bonchev–Trinajstić information content (AvgIpc) is 3.23. The highest BCUT2D eigenvalue weighted by Gasteiger charge is 2.33. The second-order valence-electron chi connectivity index (χ2n) is 6.34. The molecule has 1 atom stereocenters. The van der Waals surface area contributed by atoms with Crippen LogP contribution in [0.15, 0.2) is 55.5 Å². The summed E-state index contributed by atoms with van der Waals surface area (Å²) in [5, 5.41) is 4.78. The fourth-order valence-corrected chi connectivity index (χ4v) is 3.20. The first kappa shape index (κ1) is 22.1. The third kappa shape index (κ3) is 5.51. The van der Waals surface area contributed by atoms with E-state index >= 15 is 0 Å². The van der Waals surface area contributed by atoms with Crippen LogP contribution >= 0.6 is 11.3 Å². The van der Waals surface area contributed by atoms with E-state index in [9.17, 15) is 22.8 Å². The smallest absolute Gasteiger partial charge is 0.306 e. The van der Waals surface area contributed by atoms with E-state index in [1.807, 2.05) is 0 Å². The molecule has 0 radical (unpaired) electrons. The number of hydrogen-bond donors (Lipinski definition) is 2. The fourth-order valence-electron chi connectivity index (χ4n) is 2.51. The van der Waals surface area contributed by atoms with E-state index in [-0.39, 0.29) is 10.9 Å². The second kappa shape index (κ2) is 9.04. The maximum atomic E-state index is 12.7. The van der Waals surface area contributed by atoms with Crippen molar-refractivity contribution in [1.82, 2.24) is 15.0 Å². The van der Waals surface area contributed by atoms with Gasteiger partial charge in [0.05, 0.1) is 30.2 Å². The molecule has 7 nitrogen and oxygen atoms in total. The van der Waals surface area contributed by atoms with Crippen LogP contribution in [0, 0.1) is 0 Å². The van der Waals surface area contributed by atoms with Gasteiger partial charge in [0.2, 0.25) is 11.8 Å². The molecule has 11 heteroatoms. The normalized spacial score (nSPS) is 12.1. The maximum absolute atomic E-state index is 12.7. The van der Waals surface area contributed by atoms with Crippen LogP contribution in [-0.4, -0.2) is 26.8 Å². The minimum Gasteiger partial charge on any atom is -0.306 e. The van der Waals surface area contributed by atoms with Gasteiger partial charge in [0.1, 0.15) is 4.88 Å². The highest BCUT2D eigenvalue weighted by molar-refractivity contribution is 7.15. The van der Waals surface area contributed by atoms with Gasteiger partial charge in [0.15, 0.2) is 10.9 Å². The molecule has 3 rings (SSSR count). The van der Waals surface area contributed by atoms with Crippen molar-refractivity contribution >= 4 is 34.1 Å². The van der Waals surface area contributed by atoms with E-state index in [4.69, 9.17) is 0 Å². The number of nitrogens with one attached hydrogen (secondary N) is 2. The Balaban J connectivity index is 1.73. The van der Waals surface area contributed by atoms with Crippen molar-refractivity contribution in [3.8, 4) is 11.3 Å². The zero-order valence-corrected chi connectivity index (χ0v) is 16.9. The molecule has 0 aliphatic heterocycles. The Bertz CT molecular complexity index is 1110. The van der Waals surface area contributed by atoms with Gasteiger partial charge in [-0.15, -0.1) is 0 Å². The van der Waals surface area contributed by atoms with Crippen molar-refractivity contribution < 1.29 is 22.8 Å². The van der Waals surface area contributed by atoms with Gasteiger partial charge < -0.3 is 10.6 Å². The molecule has 0 aliphatic rings. The van der Waals surface area contributed by atoms with Crippen LogP contribution in [0.1, 0.15) is 23.3 Å². The number of amides is 2. The van der Waals surface area contributed by atoms with Crippen LogP contribution in [0.2, 0.25) is 0 Å². The lowest BCUT2D eigenvalue weighted by atomic mass is 9.97. The first-order chi connectivity index (χ1) is 14.7. The van der Waals surface area contributed by atoms with E-state index in [0.717, 1.165) is 6.08 Å². The standard InChI is InChI=1S/C20H16F3N5O2S/c1-3-17(29)27-16-10-24-14(8-25-16)13-6-4-5-12(7-13)11(2)18(30)28-19-26-9-15(31-19)20(21,22)23/h3-11H,1H2,2H3,(H,25,27,29)(H,26,28,30)/t11-/m0/s1. The number of carbonyl (C=O) groups excluding carboxylic acids is 2. The van der Waals surface area contributed by atoms with Crippen LogP contribution in [-0.2, 0) is 15.8 Å². The van der Waals surface area contributed by atoms with E-state index in [0.29, 0.717) is 34.4 Å². The van der Waals surface area contributed by atoms with E-state index in [1.165, 1.54) is 12.4 Å². The van der Waals surface area contributed by atoms with Crippen molar-refractivity contribution in [2.75, 3.05) is 10.6 Å². The highest BCUT2D eigenvalue weighted by atomic mass is 32.1. The molecular weight excluding hydrogens is 431 g/mol. The minimum atomic E-state index is -4.51. The molecule has 1 aromatic carbocycles. The van der Waals surface area contributed by atoms with Crippen molar-refractivity contribution in [1.29, 1.82) is 0 Å². The Morgan fingerprint density at radius 2 is 1.90 bits per heavy atom. The number of thiazole rings is 1. The summed E-state index contributed by atoms with van der Waals surface area (Å²) in [6.45, 7) is 4.99. The largest absolute Gasteiger partial charge is 0.427 e. The van der Waals surface area contributed by atoms with Gasteiger partial charge in [0.25, 0.3) is 0 Å².